The highest BCUT2D eigenvalue weighted by atomic mass is 19.4. The predicted molar refractivity (Wildman–Crippen MR) is 60.7 cm³/mol. The van der Waals surface area contributed by atoms with E-state index in [2.05, 4.69) is 0 Å². The van der Waals surface area contributed by atoms with Crippen molar-refractivity contribution < 1.29 is 18.0 Å². The number of likely N-dealkylation sites (tertiary alicyclic amines) is 1. The Labute approximate surface area is 104 Å². The lowest BCUT2D eigenvalue weighted by molar-refractivity contribution is -0.217. The number of halogens is 3. The molecular weight excluding hydrogens is 245 g/mol. The molecule has 6 heteroatoms. The van der Waals surface area contributed by atoms with E-state index in [0.29, 0.717) is 6.54 Å². The minimum absolute atomic E-state index is 0.114. The van der Waals surface area contributed by atoms with Crippen molar-refractivity contribution in [1.82, 2.24) is 4.90 Å². The number of carbonyl (C=O) groups is 1. The Morgan fingerprint density at radius 2 is 1.89 bits per heavy atom. The second-order valence-electron chi connectivity index (χ2n) is 6.13. The van der Waals surface area contributed by atoms with Crippen LogP contribution in [0.2, 0.25) is 0 Å². The number of nitrogens with two attached hydrogens (primary N) is 1. The first-order chi connectivity index (χ1) is 8.10. The third-order valence-corrected chi connectivity index (χ3v) is 4.59. The Morgan fingerprint density at radius 3 is 2.22 bits per heavy atom. The number of alkyl halides is 3. The third-order valence-electron chi connectivity index (χ3n) is 4.59. The van der Waals surface area contributed by atoms with Crippen molar-refractivity contribution in [2.45, 2.75) is 45.3 Å². The maximum Gasteiger partial charge on any atom is 0.402 e. The van der Waals surface area contributed by atoms with E-state index in [1.807, 2.05) is 0 Å². The largest absolute Gasteiger partial charge is 0.402 e. The molecule has 3 nitrogen and oxygen atoms in total. The molecule has 104 valence electrons. The highest BCUT2D eigenvalue weighted by Crippen LogP contribution is 2.49. The maximum absolute atomic E-state index is 12.8. The standard InChI is InChI=1S/C12H19F3N2O/c1-10(2,12(13,14)15)9(18)17-6-8(16)11(7-17)4-3-5-11/h8H,3-7,16H2,1-2H3/t8-/m0/s1. The van der Waals surface area contributed by atoms with Gasteiger partial charge in [-0.1, -0.05) is 6.42 Å². The minimum atomic E-state index is -4.52. The molecule has 0 bridgehead atoms. The molecule has 2 N–H and O–H groups in total. The fourth-order valence-electron chi connectivity index (χ4n) is 2.82. The first kappa shape index (κ1) is 13.6. The van der Waals surface area contributed by atoms with Crippen LogP contribution in [0.15, 0.2) is 0 Å². The minimum Gasteiger partial charge on any atom is -0.340 e. The van der Waals surface area contributed by atoms with Gasteiger partial charge >= 0.3 is 6.18 Å². The summed E-state index contributed by atoms with van der Waals surface area (Å²) in [5.74, 6) is -0.853. The average molecular weight is 264 g/mol. The van der Waals surface area contributed by atoms with Gasteiger partial charge in [-0.2, -0.15) is 13.2 Å². The average Bonchev–Trinajstić information content (AvgIpc) is 2.52. The van der Waals surface area contributed by atoms with E-state index in [4.69, 9.17) is 5.73 Å². The van der Waals surface area contributed by atoms with Crippen LogP contribution in [0, 0.1) is 10.8 Å². The zero-order chi connectivity index (χ0) is 13.8. The zero-order valence-corrected chi connectivity index (χ0v) is 10.7. The summed E-state index contributed by atoms with van der Waals surface area (Å²) in [4.78, 5) is 13.3. The molecular formula is C12H19F3N2O. The molecule has 1 atom stereocenters. The van der Waals surface area contributed by atoms with Crippen molar-refractivity contribution in [3.05, 3.63) is 0 Å². The van der Waals surface area contributed by atoms with Crippen LogP contribution < -0.4 is 5.73 Å². The number of carbonyl (C=O) groups excluding carboxylic acids is 1. The second kappa shape index (κ2) is 3.85. The number of rotatable bonds is 1. The monoisotopic (exact) mass is 264 g/mol. The van der Waals surface area contributed by atoms with Crippen molar-refractivity contribution in [3.8, 4) is 0 Å². The van der Waals surface area contributed by atoms with E-state index in [1.165, 1.54) is 4.90 Å². The van der Waals surface area contributed by atoms with Crippen molar-refractivity contribution >= 4 is 5.91 Å². The van der Waals surface area contributed by atoms with E-state index in [1.54, 1.807) is 0 Å². The summed E-state index contributed by atoms with van der Waals surface area (Å²) in [7, 11) is 0. The van der Waals surface area contributed by atoms with E-state index in [9.17, 15) is 18.0 Å². The summed E-state index contributed by atoms with van der Waals surface area (Å²) in [6, 6.07) is -0.181. The van der Waals surface area contributed by atoms with Crippen LogP contribution >= 0.6 is 0 Å². The lowest BCUT2D eigenvalue weighted by atomic mass is 9.66. The molecule has 1 saturated heterocycles. The van der Waals surface area contributed by atoms with Crippen molar-refractivity contribution in [2.24, 2.45) is 16.6 Å². The fourth-order valence-corrected chi connectivity index (χ4v) is 2.82. The molecule has 2 fully saturated rings. The number of amides is 1. The molecule has 1 heterocycles. The molecule has 0 aromatic heterocycles. The molecule has 2 aliphatic rings. The van der Waals surface area contributed by atoms with Crippen LogP contribution in [0.3, 0.4) is 0 Å². The van der Waals surface area contributed by atoms with E-state index >= 15 is 0 Å². The SMILES string of the molecule is CC(C)(C(=O)N1C[C@H](N)C2(CCC2)C1)C(F)(F)F. The Kier molecular flexibility index (Phi) is 2.92. The molecule has 1 saturated carbocycles. The van der Waals surface area contributed by atoms with Gasteiger partial charge in [-0.15, -0.1) is 0 Å². The maximum atomic E-state index is 12.8. The number of nitrogens with zero attached hydrogens (tertiary/aromatic N) is 1. The van der Waals surface area contributed by atoms with Gasteiger partial charge in [0.1, 0.15) is 5.41 Å². The lowest BCUT2D eigenvalue weighted by Crippen LogP contribution is -2.48. The van der Waals surface area contributed by atoms with Gasteiger partial charge in [0.25, 0.3) is 0 Å². The molecule has 1 amide bonds. The lowest BCUT2D eigenvalue weighted by Gasteiger charge is -2.41. The predicted octanol–water partition coefficient (Wildman–Crippen LogP) is 1.91. The summed E-state index contributed by atoms with van der Waals surface area (Å²) in [5, 5.41) is 0. The highest BCUT2D eigenvalue weighted by molar-refractivity contribution is 5.83. The van der Waals surface area contributed by atoms with Gasteiger partial charge in [-0.25, -0.2) is 0 Å². The van der Waals surface area contributed by atoms with Crippen LogP contribution in [0.25, 0.3) is 0 Å². The molecule has 0 aromatic carbocycles. The third kappa shape index (κ3) is 1.81. The van der Waals surface area contributed by atoms with Crippen molar-refractivity contribution in [2.75, 3.05) is 13.1 Å². The molecule has 1 spiro atoms. The Balaban J connectivity index is 2.12. The quantitative estimate of drug-likeness (QED) is 0.786. The zero-order valence-electron chi connectivity index (χ0n) is 10.7. The first-order valence-corrected chi connectivity index (χ1v) is 6.22. The topological polar surface area (TPSA) is 46.3 Å². The van der Waals surface area contributed by atoms with Crippen LogP contribution in [-0.2, 0) is 4.79 Å². The summed E-state index contributed by atoms with van der Waals surface area (Å²) >= 11 is 0. The Morgan fingerprint density at radius 1 is 1.33 bits per heavy atom. The second-order valence-corrected chi connectivity index (χ2v) is 6.13. The highest BCUT2D eigenvalue weighted by Gasteiger charge is 2.58. The van der Waals surface area contributed by atoms with Gasteiger partial charge < -0.3 is 10.6 Å². The summed E-state index contributed by atoms with van der Waals surface area (Å²) in [5.41, 5.74) is 3.54. The first-order valence-electron chi connectivity index (χ1n) is 6.22. The van der Waals surface area contributed by atoms with Gasteiger partial charge in [0.2, 0.25) is 5.91 Å². The van der Waals surface area contributed by atoms with Crippen LogP contribution in [-0.4, -0.2) is 36.1 Å². The molecule has 2 rings (SSSR count). The van der Waals surface area contributed by atoms with Crippen LogP contribution in [0.1, 0.15) is 33.1 Å². The van der Waals surface area contributed by atoms with E-state index in [0.717, 1.165) is 33.1 Å². The summed E-state index contributed by atoms with van der Waals surface area (Å²) in [6.45, 7) is 2.50. The fraction of sp³-hybridized carbons (Fsp3) is 0.917. The molecule has 0 unspecified atom stereocenters. The van der Waals surface area contributed by atoms with E-state index in [-0.39, 0.29) is 18.0 Å². The van der Waals surface area contributed by atoms with E-state index < -0.39 is 17.5 Å². The van der Waals surface area contributed by atoms with Gasteiger partial charge in [0, 0.05) is 24.5 Å². The smallest absolute Gasteiger partial charge is 0.340 e. The normalized spacial score (nSPS) is 27.4. The summed E-state index contributed by atoms with van der Waals surface area (Å²) < 4.78 is 38.5. The van der Waals surface area contributed by atoms with Gasteiger partial charge in [0.15, 0.2) is 0 Å². The molecule has 18 heavy (non-hydrogen) atoms. The molecule has 1 aliphatic carbocycles. The van der Waals surface area contributed by atoms with Gasteiger partial charge in [0.05, 0.1) is 0 Å². The molecule has 1 aliphatic heterocycles. The van der Waals surface area contributed by atoms with Crippen molar-refractivity contribution in [1.29, 1.82) is 0 Å². The van der Waals surface area contributed by atoms with Crippen LogP contribution in [0.4, 0.5) is 13.2 Å². The number of hydrogen-bond donors (Lipinski definition) is 1. The Bertz CT molecular complexity index is 361. The molecule has 0 aromatic rings. The Hall–Kier alpha value is -0.780. The van der Waals surface area contributed by atoms with Gasteiger partial charge in [-0.3, -0.25) is 4.79 Å². The van der Waals surface area contributed by atoms with Gasteiger partial charge in [-0.05, 0) is 26.7 Å². The summed E-state index contributed by atoms with van der Waals surface area (Å²) in [6.07, 6.45) is -1.63. The van der Waals surface area contributed by atoms with Crippen LogP contribution in [0.5, 0.6) is 0 Å². The number of hydrogen-bond acceptors (Lipinski definition) is 2. The van der Waals surface area contributed by atoms with Crippen molar-refractivity contribution in [3.63, 3.8) is 0 Å². The molecule has 0 radical (unpaired) electrons.